The van der Waals surface area contributed by atoms with Crippen molar-refractivity contribution in [1.29, 1.82) is 0 Å². The van der Waals surface area contributed by atoms with Gasteiger partial charge in [0, 0.05) is 36.3 Å². The average Bonchev–Trinajstić information content (AvgIpc) is 2.75. The number of hydrogen-bond acceptors (Lipinski definition) is 3. The molecule has 0 bridgehead atoms. The minimum atomic E-state index is -0.190. The molecule has 1 saturated heterocycles. The molecule has 0 atom stereocenters. The summed E-state index contributed by atoms with van der Waals surface area (Å²) in [5.41, 5.74) is 1.60. The van der Waals surface area contributed by atoms with Crippen LogP contribution in [0.5, 0.6) is 0 Å². The first-order valence-corrected chi connectivity index (χ1v) is 7.57. The number of carbonyl (C=O) groups is 1. The second-order valence-corrected chi connectivity index (χ2v) is 6.24. The van der Waals surface area contributed by atoms with Gasteiger partial charge < -0.3 is 0 Å². The molecule has 1 fully saturated rings. The molecule has 116 valence electrons. The summed E-state index contributed by atoms with van der Waals surface area (Å²) >= 11 is 0. The third-order valence-electron chi connectivity index (χ3n) is 4.09. The van der Waals surface area contributed by atoms with Gasteiger partial charge in [-0.05, 0) is 38.1 Å². The van der Waals surface area contributed by atoms with Gasteiger partial charge in [0.05, 0.1) is 0 Å². The quantitative estimate of drug-likeness (QED) is 0.760. The molecule has 23 heavy (non-hydrogen) atoms. The van der Waals surface area contributed by atoms with Crippen LogP contribution in [0.25, 0.3) is 0 Å². The van der Waals surface area contributed by atoms with Gasteiger partial charge in [-0.15, -0.1) is 0 Å². The van der Waals surface area contributed by atoms with Crippen LogP contribution in [-0.4, -0.2) is 28.5 Å². The molecule has 2 aromatic rings. The highest BCUT2D eigenvalue weighted by Gasteiger charge is 2.42. The van der Waals surface area contributed by atoms with Gasteiger partial charge in [0.15, 0.2) is 0 Å². The topological polar surface area (TPSA) is 36.4 Å². The zero-order valence-electron chi connectivity index (χ0n) is 13.6. The maximum absolute atomic E-state index is 12.2. The number of amides is 1. The van der Waals surface area contributed by atoms with E-state index in [9.17, 15) is 4.79 Å². The lowest BCUT2D eigenvalue weighted by Gasteiger charge is -2.31. The van der Waals surface area contributed by atoms with E-state index >= 15 is 0 Å². The van der Waals surface area contributed by atoms with Gasteiger partial charge in [0.25, 0.3) is 0 Å². The van der Waals surface area contributed by atoms with Gasteiger partial charge in [-0.3, -0.25) is 4.79 Å². The van der Waals surface area contributed by atoms with Crippen molar-refractivity contribution in [2.24, 2.45) is 0 Å². The van der Waals surface area contributed by atoms with E-state index in [-0.39, 0.29) is 11.4 Å². The molecule has 3 rings (SSSR count). The fourth-order valence-corrected chi connectivity index (χ4v) is 2.53. The summed E-state index contributed by atoms with van der Waals surface area (Å²) in [5, 5.41) is 3.57. The summed E-state index contributed by atoms with van der Waals surface area (Å²) in [6.45, 7) is 4.09. The average molecular weight is 305 g/mol. The minimum absolute atomic E-state index is 0.0631. The molecule has 1 aromatic carbocycles. The lowest BCUT2D eigenvalue weighted by atomic mass is 10.0. The van der Waals surface area contributed by atoms with Crippen LogP contribution in [-0.2, 0) is 4.79 Å². The van der Waals surface area contributed by atoms with Gasteiger partial charge in [-0.1, -0.05) is 30.0 Å². The van der Waals surface area contributed by atoms with Crippen LogP contribution in [0.15, 0.2) is 48.7 Å². The standard InChI is InChI=1S/C19H19N3O/c1-19(2)13-18(23)22(21(19)3)17-12-11-16(14-20-17)10-9-15-7-5-4-6-8-15/h4-8,11-12,14H,13H2,1-3H3. The highest BCUT2D eigenvalue weighted by molar-refractivity contribution is 5.94. The van der Waals surface area contributed by atoms with Gasteiger partial charge in [0.1, 0.15) is 5.82 Å². The molecule has 4 heteroatoms. The van der Waals surface area contributed by atoms with E-state index in [4.69, 9.17) is 0 Å². The zero-order chi connectivity index (χ0) is 16.4. The molecular weight excluding hydrogens is 286 g/mol. The number of hydrazine groups is 1. The summed E-state index contributed by atoms with van der Waals surface area (Å²) in [6, 6.07) is 13.6. The van der Waals surface area contributed by atoms with E-state index in [1.807, 2.05) is 68.4 Å². The number of benzene rings is 1. The Morgan fingerprint density at radius 2 is 1.74 bits per heavy atom. The molecule has 1 aliphatic heterocycles. The van der Waals surface area contributed by atoms with E-state index < -0.39 is 0 Å². The van der Waals surface area contributed by atoms with Crippen molar-refractivity contribution in [2.45, 2.75) is 25.8 Å². The maximum atomic E-state index is 12.2. The number of rotatable bonds is 1. The molecule has 0 spiro atoms. The maximum Gasteiger partial charge on any atom is 0.244 e. The number of aromatic nitrogens is 1. The molecule has 0 unspecified atom stereocenters. The first kappa shape index (κ1) is 15.3. The Bertz CT molecular complexity index is 770. The summed E-state index contributed by atoms with van der Waals surface area (Å²) in [5.74, 6) is 6.88. The molecular formula is C19H19N3O. The van der Waals surface area contributed by atoms with Crippen LogP contribution in [0.1, 0.15) is 31.4 Å². The molecule has 0 N–H and O–H groups in total. The molecule has 0 radical (unpaired) electrons. The number of hydrogen-bond donors (Lipinski definition) is 0. The van der Waals surface area contributed by atoms with Gasteiger partial charge in [0.2, 0.25) is 5.91 Å². The number of pyridine rings is 1. The highest BCUT2D eigenvalue weighted by Crippen LogP contribution is 2.31. The number of carbonyl (C=O) groups excluding carboxylic acids is 1. The summed E-state index contributed by atoms with van der Waals surface area (Å²) in [4.78, 5) is 16.6. The second-order valence-electron chi connectivity index (χ2n) is 6.24. The third kappa shape index (κ3) is 3.10. The Morgan fingerprint density at radius 3 is 2.30 bits per heavy atom. The Hall–Kier alpha value is -2.64. The number of anilines is 1. The first-order valence-electron chi connectivity index (χ1n) is 7.57. The van der Waals surface area contributed by atoms with E-state index in [0.717, 1.165) is 11.1 Å². The fourth-order valence-electron chi connectivity index (χ4n) is 2.53. The minimum Gasteiger partial charge on any atom is -0.273 e. The summed E-state index contributed by atoms with van der Waals surface area (Å²) < 4.78 is 0. The van der Waals surface area contributed by atoms with Crippen molar-refractivity contribution in [2.75, 3.05) is 12.1 Å². The lowest BCUT2D eigenvalue weighted by molar-refractivity contribution is -0.118. The summed E-state index contributed by atoms with van der Waals surface area (Å²) in [6.07, 6.45) is 2.19. The molecule has 0 saturated carbocycles. The third-order valence-corrected chi connectivity index (χ3v) is 4.09. The molecule has 2 heterocycles. The van der Waals surface area contributed by atoms with Crippen LogP contribution in [0.2, 0.25) is 0 Å². The second kappa shape index (κ2) is 5.86. The normalized spacial score (nSPS) is 17.0. The Balaban J connectivity index is 1.81. The molecule has 1 amide bonds. The number of nitrogens with zero attached hydrogens (tertiary/aromatic N) is 3. The van der Waals surface area contributed by atoms with Crippen molar-refractivity contribution in [3.63, 3.8) is 0 Å². The van der Waals surface area contributed by atoms with Crippen molar-refractivity contribution in [3.8, 4) is 11.8 Å². The zero-order valence-corrected chi connectivity index (χ0v) is 13.6. The van der Waals surface area contributed by atoms with Crippen LogP contribution >= 0.6 is 0 Å². The predicted octanol–water partition coefficient (Wildman–Crippen LogP) is 2.84. The predicted molar refractivity (Wildman–Crippen MR) is 90.6 cm³/mol. The smallest absolute Gasteiger partial charge is 0.244 e. The van der Waals surface area contributed by atoms with Crippen molar-refractivity contribution < 1.29 is 4.79 Å². The molecule has 1 aromatic heterocycles. The fraction of sp³-hybridized carbons (Fsp3) is 0.263. The molecule has 4 nitrogen and oxygen atoms in total. The Kier molecular flexibility index (Phi) is 3.89. The SMILES string of the molecule is CN1N(c2ccc(C#Cc3ccccc3)cn2)C(=O)CC1(C)C. The van der Waals surface area contributed by atoms with Crippen molar-refractivity contribution in [3.05, 3.63) is 59.8 Å². The largest absolute Gasteiger partial charge is 0.273 e. The van der Waals surface area contributed by atoms with Gasteiger partial charge in [-0.2, -0.15) is 0 Å². The first-order chi connectivity index (χ1) is 11.0. The van der Waals surface area contributed by atoms with E-state index in [0.29, 0.717) is 12.2 Å². The molecule has 1 aliphatic rings. The Morgan fingerprint density at radius 1 is 1.04 bits per heavy atom. The monoisotopic (exact) mass is 305 g/mol. The lowest BCUT2D eigenvalue weighted by Crippen LogP contribution is -2.44. The highest BCUT2D eigenvalue weighted by atomic mass is 16.2. The van der Waals surface area contributed by atoms with Crippen LogP contribution in [0.4, 0.5) is 5.82 Å². The van der Waals surface area contributed by atoms with Crippen molar-refractivity contribution in [1.82, 2.24) is 9.99 Å². The van der Waals surface area contributed by atoms with Crippen LogP contribution in [0.3, 0.4) is 0 Å². The summed E-state index contributed by atoms with van der Waals surface area (Å²) in [7, 11) is 1.91. The van der Waals surface area contributed by atoms with Crippen molar-refractivity contribution >= 4 is 11.7 Å². The van der Waals surface area contributed by atoms with E-state index in [1.54, 1.807) is 11.2 Å². The van der Waals surface area contributed by atoms with E-state index in [1.165, 1.54) is 0 Å². The van der Waals surface area contributed by atoms with E-state index in [2.05, 4.69) is 16.8 Å². The van der Waals surface area contributed by atoms with Crippen LogP contribution < -0.4 is 5.01 Å². The Labute approximate surface area is 136 Å². The molecule has 0 aliphatic carbocycles. The van der Waals surface area contributed by atoms with Gasteiger partial charge in [-0.25, -0.2) is 15.0 Å². The van der Waals surface area contributed by atoms with Crippen LogP contribution in [0, 0.1) is 11.8 Å². The van der Waals surface area contributed by atoms with Gasteiger partial charge >= 0.3 is 0 Å².